The molecule has 0 amide bonds. The fourth-order valence-corrected chi connectivity index (χ4v) is 1.23. The Morgan fingerprint density at radius 1 is 1.08 bits per heavy atom. The van der Waals surface area contributed by atoms with Gasteiger partial charge in [-0.3, -0.25) is 4.90 Å². The van der Waals surface area contributed by atoms with Crippen molar-refractivity contribution in [1.29, 1.82) is 0 Å². The van der Waals surface area contributed by atoms with Crippen LogP contribution in [0.2, 0.25) is 0 Å². The first-order valence-corrected chi connectivity index (χ1v) is 4.98. The lowest BCUT2D eigenvalue weighted by molar-refractivity contribution is 0.0908. The second-order valence-electron chi connectivity index (χ2n) is 3.28. The molecule has 3 nitrogen and oxygen atoms in total. The van der Waals surface area contributed by atoms with Gasteiger partial charge < -0.3 is 9.47 Å². The predicted molar refractivity (Wildman–Crippen MR) is 55.1 cm³/mol. The van der Waals surface area contributed by atoms with E-state index in [1.54, 1.807) is 14.2 Å². The molecule has 1 atom stereocenters. The Bertz CT molecular complexity index is 101. The second-order valence-corrected chi connectivity index (χ2v) is 3.28. The van der Waals surface area contributed by atoms with Gasteiger partial charge in [-0.1, -0.05) is 6.92 Å². The van der Waals surface area contributed by atoms with Gasteiger partial charge in [0, 0.05) is 33.4 Å². The van der Waals surface area contributed by atoms with E-state index < -0.39 is 0 Å². The van der Waals surface area contributed by atoms with Crippen LogP contribution in [0.25, 0.3) is 0 Å². The average molecular weight is 189 g/mol. The molecule has 0 aromatic heterocycles. The summed E-state index contributed by atoms with van der Waals surface area (Å²) >= 11 is 0. The number of methoxy groups -OCH3 is 2. The molecule has 0 saturated heterocycles. The van der Waals surface area contributed by atoms with Crippen LogP contribution in [0.5, 0.6) is 0 Å². The molecule has 0 aromatic carbocycles. The first kappa shape index (κ1) is 12.9. The van der Waals surface area contributed by atoms with E-state index in [1.165, 1.54) is 6.42 Å². The van der Waals surface area contributed by atoms with Crippen LogP contribution in [0.4, 0.5) is 0 Å². The Balaban J connectivity index is 3.72. The van der Waals surface area contributed by atoms with Crippen molar-refractivity contribution in [2.45, 2.75) is 26.3 Å². The normalized spacial score (nSPS) is 13.6. The molecular formula is C10H23NO2. The zero-order chi connectivity index (χ0) is 10.1. The summed E-state index contributed by atoms with van der Waals surface area (Å²) in [7, 11) is 3.48. The second kappa shape index (κ2) is 8.48. The van der Waals surface area contributed by atoms with Crippen molar-refractivity contribution < 1.29 is 9.47 Å². The molecule has 0 aliphatic heterocycles. The Morgan fingerprint density at radius 2 is 1.54 bits per heavy atom. The fraction of sp³-hybridized carbons (Fsp3) is 1.00. The van der Waals surface area contributed by atoms with Crippen molar-refractivity contribution in [3.05, 3.63) is 0 Å². The summed E-state index contributed by atoms with van der Waals surface area (Å²) in [6, 6.07) is 0.616. The molecule has 0 bridgehead atoms. The van der Waals surface area contributed by atoms with E-state index in [-0.39, 0.29) is 0 Å². The van der Waals surface area contributed by atoms with Gasteiger partial charge in [-0.05, 0) is 13.3 Å². The van der Waals surface area contributed by atoms with Gasteiger partial charge in [0.15, 0.2) is 0 Å². The van der Waals surface area contributed by atoms with Crippen LogP contribution in [-0.2, 0) is 9.47 Å². The third kappa shape index (κ3) is 6.02. The minimum Gasteiger partial charge on any atom is -0.383 e. The Hall–Kier alpha value is -0.120. The maximum absolute atomic E-state index is 5.06. The molecule has 0 fully saturated rings. The number of nitrogens with zero attached hydrogens (tertiary/aromatic N) is 1. The van der Waals surface area contributed by atoms with Crippen molar-refractivity contribution in [1.82, 2.24) is 4.90 Å². The molecule has 0 heterocycles. The van der Waals surface area contributed by atoms with Gasteiger partial charge in [-0.2, -0.15) is 0 Å². The van der Waals surface area contributed by atoms with E-state index >= 15 is 0 Å². The van der Waals surface area contributed by atoms with Crippen LogP contribution in [0.15, 0.2) is 0 Å². The third-order valence-electron chi connectivity index (χ3n) is 2.38. The molecule has 0 rings (SSSR count). The standard InChI is InChI=1S/C10H23NO2/c1-5-10(2)11(6-8-12-3)7-9-13-4/h10H,5-9H2,1-4H3. The number of rotatable bonds is 8. The third-order valence-corrected chi connectivity index (χ3v) is 2.38. The van der Waals surface area contributed by atoms with Gasteiger partial charge in [-0.25, -0.2) is 0 Å². The highest BCUT2D eigenvalue weighted by molar-refractivity contribution is 4.64. The summed E-state index contributed by atoms with van der Waals surface area (Å²) in [5, 5.41) is 0. The number of hydrogen-bond donors (Lipinski definition) is 0. The van der Waals surface area contributed by atoms with Crippen molar-refractivity contribution >= 4 is 0 Å². The van der Waals surface area contributed by atoms with Crippen LogP contribution in [0.3, 0.4) is 0 Å². The smallest absolute Gasteiger partial charge is 0.0589 e. The SMILES string of the molecule is CCC(C)N(CCOC)CCOC. The van der Waals surface area contributed by atoms with Gasteiger partial charge in [0.25, 0.3) is 0 Å². The molecule has 0 aliphatic rings. The summed E-state index contributed by atoms with van der Waals surface area (Å²) in [6.45, 7) is 8.04. The molecule has 0 saturated carbocycles. The van der Waals surface area contributed by atoms with Gasteiger partial charge in [0.1, 0.15) is 0 Å². The predicted octanol–water partition coefficient (Wildman–Crippen LogP) is 1.38. The Morgan fingerprint density at radius 3 is 1.85 bits per heavy atom. The summed E-state index contributed by atoms with van der Waals surface area (Å²) in [5.74, 6) is 0. The zero-order valence-electron chi connectivity index (χ0n) is 9.38. The van der Waals surface area contributed by atoms with Crippen LogP contribution in [0.1, 0.15) is 20.3 Å². The fourth-order valence-electron chi connectivity index (χ4n) is 1.23. The summed E-state index contributed by atoms with van der Waals surface area (Å²) in [4.78, 5) is 2.40. The van der Waals surface area contributed by atoms with Gasteiger partial charge in [0.2, 0.25) is 0 Å². The minimum absolute atomic E-state index is 0.616. The van der Waals surface area contributed by atoms with Crippen LogP contribution in [0, 0.1) is 0 Å². The van der Waals surface area contributed by atoms with E-state index in [4.69, 9.17) is 9.47 Å². The molecule has 0 spiro atoms. The zero-order valence-corrected chi connectivity index (χ0v) is 9.38. The summed E-state index contributed by atoms with van der Waals surface area (Å²) in [6.07, 6.45) is 1.17. The monoisotopic (exact) mass is 189 g/mol. The summed E-state index contributed by atoms with van der Waals surface area (Å²) < 4.78 is 10.1. The van der Waals surface area contributed by atoms with Crippen molar-refractivity contribution in [3.63, 3.8) is 0 Å². The molecule has 3 heteroatoms. The molecule has 0 aliphatic carbocycles. The van der Waals surface area contributed by atoms with Crippen LogP contribution < -0.4 is 0 Å². The lowest BCUT2D eigenvalue weighted by Gasteiger charge is -2.27. The molecule has 13 heavy (non-hydrogen) atoms. The van der Waals surface area contributed by atoms with Crippen LogP contribution >= 0.6 is 0 Å². The average Bonchev–Trinajstić information content (AvgIpc) is 2.17. The molecular weight excluding hydrogens is 166 g/mol. The largest absolute Gasteiger partial charge is 0.383 e. The van der Waals surface area contributed by atoms with Crippen molar-refractivity contribution in [2.24, 2.45) is 0 Å². The lowest BCUT2D eigenvalue weighted by Crippen LogP contribution is -2.37. The highest BCUT2D eigenvalue weighted by atomic mass is 16.5. The molecule has 0 radical (unpaired) electrons. The molecule has 1 unspecified atom stereocenters. The summed E-state index contributed by atoms with van der Waals surface area (Å²) in [5.41, 5.74) is 0. The maximum atomic E-state index is 5.06. The van der Waals surface area contributed by atoms with Crippen molar-refractivity contribution in [3.8, 4) is 0 Å². The Kier molecular flexibility index (Phi) is 8.40. The van der Waals surface area contributed by atoms with Crippen LogP contribution in [-0.4, -0.2) is 51.5 Å². The topological polar surface area (TPSA) is 21.7 Å². The molecule has 0 aromatic rings. The van der Waals surface area contributed by atoms with E-state index in [1.807, 2.05) is 0 Å². The van der Waals surface area contributed by atoms with E-state index in [0.29, 0.717) is 6.04 Å². The van der Waals surface area contributed by atoms with Gasteiger partial charge >= 0.3 is 0 Å². The minimum atomic E-state index is 0.616. The van der Waals surface area contributed by atoms with E-state index in [2.05, 4.69) is 18.7 Å². The molecule has 80 valence electrons. The maximum Gasteiger partial charge on any atom is 0.0589 e. The highest BCUT2D eigenvalue weighted by Crippen LogP contribution is 2.02. The highest BCUT2D eigenvalue weighted by Gasteiger charge is 2.10. The number of hydrogen-bond acceptors (Lipinski definition) is 3. The van der Waals surface area contributed by atoms with Gasteiger partial charge in [-0.15, -0.1) is 0 Å². The Labute approximate surface area is 82.0 Å². The lowest BCUT2D eigenvalue weighted by atomic mass is 10.2. The van der Waals surface area contributed by atoms with Gasteiger partial charge in [0.05, 0.1) is 13.2 Å². The number of ether oxygens (including phenoxy) is 2. The first-order valence-electron chi connectivity index (χ1n) is 4.98. The first-order chi connectivity index (χ1) is 6.26. The van der Waals surface area contributed by atoms with E-state index in [9.17, 15) is 0 Å². The van der Waals surface area contributed by atoms with E-state index in [0.717, 1.165) is 26.3 Å². The van der Waals surface area contributed by atoms with Crippen molar-refractivity contribution in [2.75, 3.05) is 40.5 Å². The molecule has 0 N–H and O–H groups in total. The quantitative estimate of drug-likeness (QED) is 0.576.